The number of thiophene rings is 1. The molecule has 0 fully saturated rings. The largest absolute Gasteiger partial charge is 0.469 e. The third kappa shape index (κ3) is 3.98. The number of aliphatic hydroxyl groups excluding tert-OH is 1. The molecule has 0 spiro atoms. The molecule has 3 heterocycles. The van der Waals surface area contributed by atoms with E-state index in [1.165, 1.54) is 0 Å². The smallest absolute Gasteiger partial charge is 0.138 e. The molecule has 138 valence electrons. The van der Waals surface area contributed by atoms with Crippen LogP contribution in [0, 0.1) is 5.92 Å². The van der Waals surface area contributed by atoms with Crippen LogP contribution < -0.4 is 5.32 Å². The van der Waals surface area contributed by atoms with E-state index in [2.05, 4.69) is 20.7 Å². The van der Waals surface area contributed by atoms with Crippen LogP contribution in [0.4, 0.5) is 5.82 Å². The number of hydrogen-bond acceptors (Lipinski definition) is 6. The number of benzene rings is 1. The van der Waals surface area contributed by atoms with Gasteiger partial charge in [-0.3, -0.25) is 0 Å². The van der Waals surface area contributed by atoms with Crippen LogP contribution in [0.5, 0.6) is 0 Å². The summed E-state index contributed by atoms with van der Waals surface area (Å²) >= 11 is 7.60. The van der Waals surface area contributed by atoms with Crippen molar-refractivity contribution in [3.8, 4) is 11.1 Å². The van der Waals surface area contributed by atoms with Crippen molar-refractivity contribution in [3.63, 3.8) is 0 Å². The first-order valence-electron chi connectivity index (χ1n) is 8.60. The Bertz CT molecular complexity index is 1020. The summed E-state index contributed by atoms with van der Waals surface area (Å²) in [5.41, 5.74) is 2.14. The number of nitrogens with zero attached hydrogens (tertiary/aromatic N) is 2. The molecule has 1 aromatic carbocycles. The van der Waals surface area contributed by atoms with Crippen LogP contribution in [0.15, 0.2) is 58.8 Å². The Morgan fingerprint density at radius 2 is 2.04 bits per heavy atom. The van der Waals surface area contributed by atoms with E-state index in [1.54, 1.807) is 23.9 Å². The Morgan fingerprint density at radius 1 is 1.19 bits per heavy atom. The average Bonchev–Trinajstić information content (AvgIpc) is 3.35. The Labute approximate surface area is 165 Å². The summed E-state index contributed by atoms with van der Waals surface area (Å²) in [6, 6.07) is 11.5. The van der Waals surface area contributed by atoms with Crippen molar-refractivity contribution in [2.75, 3.05) is 18.5 Å². The van der Waals surface area contributed by atoms with Crippen LogP contribution in [0.3, 0.4) is 0 Å². The van der Waals surface area contributed by atoms with Crippen molar-refractivity contribution in [1.82, 2.24) is 9.97 Å². The number of hydrogen-bond donors (Lipinski definition) is 2. The van der Waals surface area contributed by atoms with Gasteiger partial charge in [-0.15, -0.1) is 11.3 Å². The van der Waals surface area contributed by atoms with E-state index in [-0.39, 0.29) is 12.5 Å². The Morgan fingerprint density at radius 3 is 2.78 bits per heavy atom. The van der Waals surface area contributed by atoms with Crippen LogP contribution in [-0.4, -0.2) is 28.2 Å². The monoisotopic (exact) mass is 399 g/mol. The van der Waals surface area contributed by atoms with Gasteiger partial charge in [0.25, 0.3) is 0 Å². The predicted octanol–water partition coefficient (Wildman–Crippen LogP) is 4.87. The highest BCUT2D eigenvalue weighted by atomic mass is 35.5. The topological polar surface area (TPSA) is 71.2 Å². The number of furan rings is 1. The maximum Gasteiger partial charge on any atom is 0.138 e. The van der Waals surface area contributed by atoms with Gasteiger partial charge in [0.1, 0.15) is 22.7 Å². The minimum absolute atomic E-state index is 0.0267. The van der Waals surface area contributed by atoms with Crippen LogP contribution in [0.25, 0.3) is 21.3 Å². The first-order chi connectivity index (χ1) is 13.2. The van der Waals surface area contributed by atoms with Gasteiger partial charge in [-0.1, -0.05) is 23.7 Å². The number of halogens is 1. The van der Waals surface area contributed by atoms with E-state index in [0.29, 0.717) is 18.0 Å². The van der Waals surface area contributed by atoms with E-state index >= 15 is 0 Å². The normalized spacial score (nSPS) is 12.4. The van der Waals surface area contributed by atoms with Gasteiger partial charge < -0.3 is 14.8 Å². The number of rotatable bonds is 7. The first-order valence-corrected chi connectivity index (χ1v) is 9.85. The molecule has 27 heavy (non-hydrogen) atoms. The lowest BCUT2D eigenvalue weighted by Crippen LogP contribution is -2.20. The Hall–Kier alpha value is -2.41. The lowest BCUT2D eigenvalue weighted by Gasteiger charge is -2.15. The molecule has 0 saturated carbocycles. The lowest BCUT2D eigenvalue weighted by atomic mass is 10.0. The maximum atomic E-state index is 9.71. The molecule has 3 aromatic heterocycles. The standard InChI is InChI=1S/C20H18ClN3O2S/c21-15-5-3-14(4-6-15)17-11-27-20-18(17)19(23-12-24-20)22-9-13(10-25)8-16-2-1-7-26-16/h1-7,11-13,25H,8-10H2,(H,22,23,24). The van der Waals surface area contributed by atoms with Gasteiger partial charge in [0.05, 0.1) is 11.6 Å². The summed E-state index contributed by atoms with van der Waals surface area (Å²) in [5.74, 6) is 1.66. The van der Waals surface area contributed by atoms with E-state index in [1.807, 2.05) is 36.4 Å². The number of aromatic nitrogens is 2. The van der Waals surface area contributed by atoms with Gasteiger partial charge in [0, 0.05) is 41.5 Å². The second-order valence-corrected chi connectivity index (χ2v) is 7.57. The van der Waals surface area contributed by atoms with Gasteiger partial charge in [-0.05, 0) is 29.8 Å². The summed E-state index contributed by atoms with van der Waals surface area (Å²) < 4.78 is 5.39. The fraction of sp³-hybridized carbons (Fsp3) is 0.200. The van der Waals surface area contributed by atoms with Crippen molar-refractivity contribution in [3.05, 3.63) is 65.2 Å². The number of aliphatic hydroxyl groups is 1. The molecule has 0 saturated heterocycles. The van der Waals surface area contributed by atoms with Crippen LogP contribution in [0.1, 0.15) is 5.76 Å². The fourth-order valence-corrected chi connectivity index (χ4v) is 4.05. The van der Waals surface area contributed by atoms with Gasteiger partial charge in [-0.2, -0.15) is 0 Å². The third-order valence-corrected chi connectivity index (χ3v) is 5.55. The minimum atomic E-state index is 0.0267. The molecule has 0 radical (unpaired) electrons. The molecular weight excluding hydrogens is 382 g/mol. The molecule has 0 bridgehead atoms. The third-order valence-electron chi connectivity index (χ3n) is 4.41. The lowest BCUT2D eigenvalue weighted by molar-refractivity contribution is 0.226. The fourth-order valence-electron chi connectivity index (χ4n) is 3.01. The molecule has 4 rings (SSSR count). The molecular formula is C20H18ClN3O2S. The second-order valence-electron chi connectivity index (χ2n) is 6.27. The van der Waals surface area contributed by atoms with Crippen molar-refractivity contribution >= 4 is 39.0 Å². The average molecular weight is 400 g/mol. The zero-order chi connectivity index (χ0) is 18.6. The number of nitrogens with one attached hydrogen (secondary N) is 1. The second kappa shape index (κ2) is 8.08. The Balaban J connectivity index is 1.59. The Kier molecular flexibility index (Phi) is 5.38. The first kappa shape index (κ1) is 18.0. The van der Waals surface area contributed by atoms with Gasteiger partial charge >= 0.3 is 0 Å². The summed E-state index contributed by atoms with van der Waals surface area (Å²) in [5, 5.41) is 16.9. The van der Waals surface area contributed by atoms with E-state index in [9.17, 15) is 5.11 Å². The van der Waals surface area contributed by atoms with Gasteiger partial charge in [0.15, 0.2) is 0 Å². The summed E-state index contributed by atoms with van der Waals surface area (Å²) in [6.45, 7) is 0.648. The van der Waals surface area contributed by atoms with Gasteiger partial charge in [-0.25, -0.2) is 9.97 Å². The van der Waals surface area contributed by atoms with Crippen LogP contribution in [0.2, 0.25) is 5.02 Å². The molecule has 0 aliphatic carbocycles. The van der Waals surface area contributed by atoms with Crippen molar-refractivity contribution in [1.29, 1.82) is 0 Å². The molecule has 2 N–H and O–H groups in total. The molecule has 0 aliphatic heterocycles. The van der Waals surface area contributed by atoms with E-state index in [0.717, 1.165) is 32.9 Å². The van der Waals surface area contributed by atoms with Crippen molar-refractivity contribution in [2.45, 2.75) is 6.42 Å². The highest BCUT2D eigenvalue weighted by Gasteiger charge is 2.15. The number of fused-ring (bicyclic) bond motifs is 1. The molecule has 5 nitrogen and oxygen atoms in total. The molecule has 0 aliphatic rings. The summed E-state index contributed by atoms with van der Waals surface area (Å²) in [4.78, 5) is 9.75. The summed E-state index contributed by atoms with van der Waals surface area (Å²) in [7, 11) is 0. The maximum absolute atomic E-state index is 9.71. The van der Waals surface area contributed by atoms with Crippen molar-refractivity contribution in [2.24, 2.45) is 5.92 Å². The molecule has 1 unspecified atom stereocenters. The van der Waals surface area contributed by atoms with Crippen molar-refractivity contribution < 1.29 is 9.52 Å². The minimum Gasteiger partial charge on any atom is -0.469 e. The SMILES string of the molecule is OCC(CNc1ncnc2scc(-c3ccc(Cl)cc3)c12)Cc1ccco1. The molecule has 1 atom stereocenters. The van der Waals surface area contributed by atoms with Crippen LogP contribution >= 0.6 is 22.9 Å². The molecule has 4 aromatic rings. The highest BCUT2D eigenvalue weighted by Crippen LogP contribution is 2.36. The van der Waals surface area contributed by atoms with E-state index in [4.69, 9.17) is 16.0 Å². The highest BCUT2D eigenvalue weighted by molar-refractivity contribution is 7.17. The molecule has 7 heteroatoms. The van der Waals surface area contributed by atoms with E-state index < -0.39 is 0 Å². The quantitative estimate of drug-likeness (QED) is 0.464. The zero-order valence-electron chi connectivity index (χ0n) is 14.4. The molecule has 0 amide bonds. The zero-order valence-corrected chi connectivity index (χ0v) is 16.0. The summed E-state index contributed by atoms with van der Waals surface area (Å²) in [6.07, 6.45) is 3.88. The van der Waals surface area contributed by atoms with Crippen LogP contribution in [-0.2, 0) is 6.42 Å². The predicted molar refractivity (Wildman–Crippen MR) is 109 cm³/mol. The number of anilines is 1. The van der Waals surface area contributed by atoms with Gasteiger partial charge in [0.2, 0.25) is 0 Å².